The Morgan fingerprint density at radius 2 is 0.793 bits per heavy atom. The highest BCUT2D eigenvalue weighted by molar-refractivity contribution is 5.69. The highest BCUT2D eigenvalue weighted by Crippen LogP contribution is 2.27. The Kier molecular flexibility index (Phi) is 50.4. The van der Waals surface area contributed by atoms with Crippen LogP contribution in [0.2, 0.25) is 0 Å². The van der Waals surface area contributed by atoms with Gasteiger partial charge in [0.1, 0.15) is 54.9 Å². The molecule has 0 aliphatic carbocycles. The average Bonchev–Trinajstić information content (AvgIpc) is 3.58. The molecule has 0 bridgehead atoms. The van der Waals surface area contributed by atoms with Crippen molar-refractivity contribution < 1.29 is 69.0 Å². The maximum atomic E-state index is 13.1. The maximum absolute atomic E-state index is 13.1. The van der Waals surface area contributed by atoms with Crippen LogP contribution in [0.3, 0.4) is 0 Å². The Balaban J connectivity index is 1.65. The molecule has 0 aromatic carbocycles. The summed E-state index contributed by atoms with van der Waals surface area (Å²) in [6, 6.07) is 0. The molecule has 82 heavy (non-hydrogen) atoms. The van der Waals surface area contributed by atoms with Crippen LogP contribution < -0.4 is 0 Å². The SMILES string of the molecule is CC/C=C\C/C=C\C/C=C\C/C=C\CCCCCCCCCCCCCOCC(COC1OC(COC2OC(CO)C(O)C(O)C2O)C(O)C(O)C1O)OC(=O)CCCCCCCCCCCCCCCCCCCCCCCCCC. The lowest BCUT2D eigenvalue weighted by atomic mass is 9.98. The van der Waals surface area contributed by atoms with Crippen molar-refractivity contribution in [3.63, 3.8) is 0 Å². The largest absolute Gasteiger partial charge is 0.457 e. The monoisotopic (exact) mass is 1160 g/mol. The van der Waals surface area contributed by atoms with Gasteiger partial charge in [-0.1, -0.05) is 268 Å². The van der Waals surface area contributed by atoms with E-state index in [-0.39, 0.29) is 25.6 Å². The highest BCUT2D eigenvalue weighted by atomic mass is 16.7. The lowest BCUT2D eigenvalue weighted by Crippen LogP contribution is -2.61. The van der Waals surface area contributed by atoms with Crippen molar-refractivity contribution in [1.29, 1.82) is 0 Å². The van der Waals surface area contributed by atoms with Crippen LogP contribution in [0.5, 0.6) is 0 Å². The minimum absolute atomic E-state index is 0.0618. The summed E-state index contributed by atoms with van der Waals surface area (Å²) in [5.74, 6) is -0.371. The summed E-state index contributed by atoms with van der Waals surface area (Å²) < 4.78 is 34.5. The van der Waals surface area contributed by atoms with Gasteiger partial charge in [-0.3, -0.25) is 4.79 Å². The number of rotatable bonds is 56. The molecule has 0 saturated carbocycles. The van der Waals surface area contributed by atoms with Gasteiger partial charge in [0, 0.05) is 13.0 Å². The van der Waals surface area contributed by atoms with Gasteiger partial charge in [-0.25, -0.2) is 0 Å². The predicted octanol–water partition coefficient (Wildman–Crippen LogP) is 13.8. The van der Waals surface area contributed by atoms with Crippen molar-refractivity contribution in [1.82, 2.24) is 0 Å². The van der Waals surface area contributed by atoms with E-state index in [1.165, 1.54) is 180 Å². The van der Waals surface area contributed by atoms with E-state index in [1.54, 1.807) is 0 Å². The van der Waals surface area contributed by atoms with Crippen LogP contribution in [0.1, 0.15) is 277 Å². The second-order valence-electron chi connectivity index (χ2n) is 23.6. The minimum Gasteiger partial charge on any atom is -0.457 e. The van der Waals surface area contributed by atoms with Gasteiger partial charge in [-0.2, -0.15) is 0 Å². The second kappa shape index (κ2) is 54.3. The molecule has 2 rings (SSSR count). The summed E-state index contributed by atoms with van der Waals surface area (Å²) in [7, 11) is 0. The molecule has 2 aliphatic heterocycles. The number of esters is 1. The predicted molar refractivity (Wildman–Crippen MR) is 330 cm³/mol. The zero-order chi connectivity index (χ0) is 59.4. The van der Waals surface area contributed by atoms with E-state index in [1.807, 2.05) is 0 Å². The van der Waals surface area contributed by atoms with E-state index < -0.39 is 80.7 Å². The van der Waals surface area contributed by atoms with E-state index in [0.717, 1.165) is 70.6 Å². The first-order valence-corrected chi connectivity index (χ1v) is 33.7. The average molecular weight is 1170 g/mol. The van der Waals surface area contributed by atoms with E-state index >= 15 is 0 Å². The van der Waals surface area contributed by atoms with Gasteiger partial charge >= 0.3 is 5.97 Å². The standard InChI is InChI=1S/C68H124O14/c1-3-5-7-9-11-13-15-17-19-21-23-25-27-29-31-33-35-37-39-41-43-45-47-49-51-60(70)80-57(55-78-67-66(76)64(74)62(72)59(82-67)56-79-68-65(75)63(73)61(71)58(53-69)81-68)54-77-52-50-48-46-44-42-40-38-36-34-32-30-28-26-24-22-20-18-16-14-12-10-8-6-4-2/h6,8,12,14,18,20,24,26,57-59,61-69,71-76H,3-5,7,9-11,13,15-17,19,21-23,25,27-56H2,1-2H3/b8-6-,14-12-,20-18-,26-24-. The van der Waals surface area contributed by atoms with Gasteiger partial charge in [-0.15, -0.1) is 0 Å². The van der Waals surface area contributed by atoms with Crippen molar-refractivity contribution in [3.8, 4) is 0 Å². The molecule has 2 heterocycles. The van der Waals surface area contributed by atoms with Crippen LogP contribution in [0.15, 0.2) is 48.6 Å². The van der Waals surface area contributed by atoms with Gasteiger partial charge in [0.25, 0.3) is 0 Å². The molecule has 2 saturated heterocycles. The number of hydrogen-bond acceptors (Lipinski definition) is 14. The Morgan fingerprint density at radius 1 is 0.415 bits per heavy atom. The lowest BCUT2D eigenvalue weighted by Gasteiger charge is -2.42. The van der Waals surface area contributed by atoms with E-state index in [4.69, 9.17) is 28.4 Å². The third kappa shape index (κ3) is 39.6. The molecule has 0 aromatic heterocycles. The van der Waals surface area contributed by atoms with Crippen molar-refractivity contribution in [3.05, 3.63) is 48.6 Å². The zero-order valence-corrected chi connectivity index (χ0v) is 52.0. The Bertz CT molecular complexity index is 1540. The molecule has 0 aromatic rings. The molecule has 14 nitrogen and oxygen atoms in total. The van der Waals surface area contributed by atoms with Crippen LogP contribution in [0, 0.1) is 0 Å². The first-order chi connectivity index (χ1) is 40.1. The van der Waals surface area contributed by atoms with Crippen molar-refractivity contribution in [2.24, 2.45) is 0 Å². The van der Waals surface area contributed by atoms with Gasteiger partial charge < -0.3 is 64.2 Å². The minimum atomic E-state index is -1.71. The third-order valence-corrected chi connectivity index (χ3v) is 16.1. The fourth-order valence-electron chi connectivity index (χ4n) is 10.8. The molecule has 0 amide bonds. The fourth-order valence-corrected chi connectivity index (χ4v) is 10.8. The quantitative estimate of drug-likeness (QED) is 0.0171. The van der Waals surface area contributed by atoms with E-state index in [9.17, 15) is 40.5 Å². The Labute approximate surface area is 499 Å². The zero-order valence-electron chi connectivity index (χ0n) is 52.0. The van der Waals surface area contributed by atoms with Gasteiger partial charge in [0.05, 0.1) is 26.4 Å². The Hall–Kier alpha value is -2.05. The van der Waals surface area contributed by atoms with Crippen LogP contribution in [-0.4, -0.2) is 142 Å². The van der Waals surface area contributed by atoms with Crippen molar-refractivity contribution in [2.45, 2.75) is 345 Å². The normalized spacial score (nSPS) is 23.8. The number of hydrogen-bond donors (Lipinski definition) is 7. The molecule has 11 unspecified atom stereocenters. The summed E-state index contributed by atoms with van der Waals surface area (Å²) in [5, 5.41) is 72.6. The smallest absolute Gasteiger partial charge is 0.306 e. The number of aliphatic hydroxyl groups excluding tert-OH is 7. The molecular weight excluding hydrogens is 1040 g/mol. The van der Waals surface area contributed by atoms with Crippen molar-refractivity contribution >= 4 is 5.97 Å². The molecule has 2 fully saturated rings. The molecule has 14 heteroatoms. The summed E-state index contributed by atoms with van der Waals surface area (Å²) in [6.07, 6.45) is 51.8. The fraction of sp³-hybridized carbons (Fsp3) is 0.868. The molecule has 11 atom stereocenters. The van der Waals surface area contributed by atoms with E-state index in [2.05, 4.69) is 62.5 Å². The summed E-state index contributed by atoms with van der Waals surface area (Å²) in [4.78, 5) is 13.1. The summed E-state index contributed by atoms with van der Waals surface area (Å²) >= 11 is 0. The van der Waals surface area contributed by atoms with Gasteiger partial charge in [0.2, 0.25) is 0 Å². The van der Waals surface area contributed by atoms with E-state index in [0.29, 0.717) is 13.0 Å². The molecule has 0 radical (unpaired) electrons. The topological polar surface area (TPSA) is 214 Å². The first kappa shape index (κ1) is 76.0. The number of carbonyl (C=O) groups is 1. The molecule has 480 valence electrons. The van der Waals surface area contributed by atoms with Crippen LogP contribution in [-0.2, 0) is 33.2 Å². The summed E-state index contributed by atoms with van der Waals surface area (Å²) in [6.45, 7) is 3.63. The third-order valence-electron chi connectivity index (χ3n) is 16.1. The van der Waals surface area contributed by atoms with Crippen LogP contribution in [0.4, 0.5) is 0 Å². The maximum Gasteiger partial charge on any atom is 0.306 e. The lowest BCUT2D eigenvalue weighted by molar-refractivity contribution is -0.332. The Morgan fingerprint density at radius 3 is 1.24 bits per heavy atom. The van der Waals surface area contributed by atoms with Gasteiger partial charge in [-0.05, 0) is 51.4 Å². The molecule has 7 N–H and O–H groups in total. The van der Waals surface area contributed by atoms with Crippen LogP contribution in [0.25, 0.3) is 0 Å². The van der Waals surface area contributed by atoms with Gasteiger partial charge in [0.15, 0.2) is 12.6 Å². The van der Waals surface area contributed by atoms with Crippen LogP contribution >= 0.6 is 0 Å². The number of aliphatic hydroxyl groups is 7. The molecular formula is C68H124O14. The second-order valence-corrected chi connectivity index (χ2v) is 23.6. The molecule has 0 spiro atoms. The number of ether oxygens (including phenoxy) is 6. The van der Waals surface area contributed by atoms with Crippen molar-refractivity contribution in [2.75, 3.05) is 33.0 Å². The first-order valence-electron chi connectivity index (χ1n) is 33.7. The highest BCUT2D eigenvalue weighted by Gasteiger charge is 2.47. The molecule has 2 aliphatic rings. The number of unbranched alkanes of at least 4 members (excludes halogenated alkanes) is 34. The number of allylic oxidation sites excluding steroid dienone is 8. The summed E-state index contributed by atoms with van der Waals surface area (Å²) in [5.41, 5.74) is 0. The number of carbonyl (C=O) groups excluding carboxylic acids is 1.